The van der Waals surface area contributed by atoms with Crippen molar-refractivity contribution in [2.75, 3.05) is 11.5 Å². The molecular weight excluding hydrogens is 472 g/mol. The third kappa shape index (κ3) is 3.14. The molecule has 0 spiro atoms. The topological polar surface area (TPSA) is 113 Å². The molecule has 4 aliphatic rings. The quantitative estimate of drug-likeness (QED) is 0.492. The van der Waals surface area contributed by atoms with Crippen LogP contribution in [-0.4, -0.2) is 35.3 Å². The molecule has 2 aromatic rings. The van der Waals surface area contributed by atoms with Gasteiger partial charge in [0.15, 0.2) is 11.5 Å². The lowest BCUT2D eigenvalue weighted by molar-refractivity contribution is -0.131. The lowest BCUT2D eigenvalue weighted by atomic mass is 9.51. The van der Waals surface area contributed by atoms with Crippen LogP contribution >= 0.6 is 0 Å². The Hall–Kier alpha value is -3.94. The SMILES string of the molecule is CCOc1cccc(C2C3=CCC4C(=O)NC(=O)C4C3CC3C(=O)N(c4ccccc4)C(=O)C32C)c1O. The fourth-order valence-electron chi connectivity index (χ4n) is 7.14. The molecule has 8 heteroatoms. The molecule has 0 bridgehead atoms. The van der Waals surface area contributed by atoms with Crippen LogP contribution in [-0.2, 0) is 19.2 Å². The van der Waals surface area contributed by atoms with Gasteiger partial charge in [-0.25, -0.2) is 4.90 Å². The number of imide groups is 2. The van der Waals surface area contributed by atoms with Gasteiger partial charge in [-0.15, -0.1) is 0 Å². The van der Waals surface area contributed by atoms with Gasteiger partial charge in [-0.3, -0.25) is 24.5 Å². The van der Waals surface area contributed by atoms with Crippen LogP contribution in [0.5, 0.6) is 11.5 Å². The Morgan fingerprint density at radius 1 is 1.03 bits per heavy atom. The second kappa shape index (κ2) is 8.30. The predicted molar refractivity (Wildman–Crippen MR) is 133 cm³/mol. The van der Waals surface area contributed by atoms with Gasteiger partial charge >= 0.3 is 0 Å². The van der Waals surface area contributed by atoms with E-state index in [4.69, 9.17) is 4.74 Å². The molecular formula is C29H28N2O6. The smallest absolute Gasteiger partial charge is 0.241 e. The normalized spacial score (nSPS) is 32.4. The molecule has 2 aliphatic carbocycles. The van der Waals surface area contributed by atoms with Gasteiger partial charge in [0.25, 0.3) is 0 Å². The Morgan fingerprint density at radius 2 is 1.78 bits per heavy atom. The molecule has 190 valence electrons. The molecule has 2 saturated heterocycles. The van der Waals surface area contributed by atoms with Crippen molar-refractivity contribution in [1.82, 2.24) is 5.32 Å². The van der Waals surface area contributed by atoms with Crippen LogP contribution in [0.25, 0.3) is 0 Å². The minimum Gasteiger partial charge on any atom is -0.504 e. The molecule has 37 heavy (non-hydrogen) atoms. The number of carbonyl (C=O) groups is 4. The molecule has 3 fully saturated rings. The largest absolute Gasteiger partial charge is 0.504 e. The molecule has 6 atom stereocenters. The second-order valence-corrected chi connectivity index (χ2v) is 10.5. The van der Waals surface area contributed by atoms with Gasteiger partial charge in [-0.2, -0.15) is 0 Å². The molecule has 8 nitrogen and oxygen atoms in total. The zero-order chi connectivity index (χ0) is 26.1. The number of allylic oxidation sites excluding steroid dienone is 2. The van der Waals surface area contributed by atoms with Crippen LogP contribution in [0.15, 0.2) is 60.2 Å². The number of aromatic hydroxyl groups is 1. The molecule has 2 N–H and O–H groups in total. The summed E-state index contributed by atoms with van der Waals surface area (Å²) in [6.07, 6.45) is 2.59. The minimum atomic E-state index is -1.20. The van der Waals surface area contributed by atoms with E-state index in [1.807, 2.05) is 19.1 Å². The molecule has 2 heterocycles. The number of nitrogens with one attached hydrogen (secondary N) is 1. The van der Waals surface area contributed by atoms with Crippen molar-refractivity contribution in [2.24, 2.45) is 29.1 Å². The Bertz CT molecular complexity index is 1370. The summed E-state index contributed by atoms with van der Waals surface area (Å²) in [5, 5.41) is 13.8. The predicted octanol–water partition coefficient (Wildman–Crippen LogP) is 3.31. The van der Waals surface area contributed by atoms with Gasteiger partial charge in [-0.05, 0) is 50.8 Å². The maximum Gasteiger partial charge on any atom is 0.241 e. The minimum absolute atomic E-state index is 0.0802. The summed E-state index contributed by atoms with van der Waals surface area (Å²) in [5.74, 6) is -3.99. The van der Waals surface area contributed by atoms with Crippen molar-refractivity contribution in [3.05, 3.63) is 65.7 Å². The first-order valence-electron chi connectivity index (χ1n) is 12.7. The van der Waals surface area contributed by atoms with E-state index in [0.29, 0.717) is 30.0 Å². The number of phenolic OH excluding ortho intramolecular Hbond substituents is 1. The third-order valence-corrected chi connectivity index (χ3v) is 8.77. The number of fused-ring (bicyclic) bond motifs is 4. The first-order chi connectivity index (χ1) is 17.8. The summed E-state index contributed by atoms with van der Waals surface area (Å²) >= 11 is 0. The molecule has 0 radical (unpaired) electrons. The molecule has 2 aliphatic heterocycles. The highest BCUT2D eigenvalue weighted by Gasteiger charge is 2.67. The number of nitrogens with zero attached hydrogens (tertiary/aromatic N) is 1. The number of hydrogen-bond acceptors (Lipinski definition) is 6. The van der Waals surface area contributed by atoms with Crippen LogP contribution < -0.4 is 15.0 Å². The maximum atomic E-state index is 14.2. The zero-order valence-corrected chi connectivity index (χ0v) is 20.6. The number of ether oxygens (including phenoxy) is 1. The highest BCUT2D eigenvalue weighted by molar-refractivity contribution is 6.24. The van der Waals surface area contributed by atoms with E-state index in [1.165, 1.54) is 4.90 Å². The number of amides is 4. The lowest BCUT2D eigenvalue weighted by Gasteiger charge is -2.49. The molecule has 2 aromatic carbocycles. The molecule has 0 aromatic heterocycles. The van der Waals surface area contributed by atoms with Crippen molar-refractivity contribution in [3.8, 4) is 11.5 Å². The van der Waals surface area contributed by atoms with E-state index in [9.17, 15) is 24.3 Å². The molecule has 6 rings (SSSR count). The molecule has 6 unspecified atom stereocenters. The first kappa shape index (κ1) is 23.5. The standard InChI is InChI=1S/C29H28N2O6/c1-3-37-21-11-7-10-18(24(21)32)23-16-12-13-17-22(26(34)30-25(17)33)19(16)14-20-27(35)31(28(36)29(20,23)2)15-8-5-4-6-9-15/h4-12,17,19-20,22-23,32H,3,13-14H2,1-2H3,(H,30,33,34). The fourth-order valence-corrected chi connectivity index (χ4v) is 7.14. The number of para-hydroxylation sites is 2. The number of hydrogen-bond donors (Lipinski definition) is 2. The van der Waals surface area contributed by atoms with Gasteiger partial charge in [0.2, 0.25) is 23.6 Å². The fraction of sp³-hybridized carbons (Fsp3) is 0.379. The Balaban J connectivity index is 1.56. The van der Waals surface area contributed by atoms with Crippen molar-refractivity contribution < 1.29 is 29.0 Å². The van der Waals surface area contributed by atoms with E-state index in [-0.39, 0.29) is 35.8 Å². The monoisotopic (exact) mass is 500 g/mol. The number of benzene rings is 2. The van der Waals surface area contributed by atoms with Crippen molar-refractivity contribution >= 4 is 29.3 Å². The summed E-state index contributed by atoms with van der Waals surface area (Å²) < 4.78 is 5.65. The average molecular weight is 501 g/mol. The molecule has 4 amide bonds. The van der Waals surface area contributed by atoms with E-state index >= 15 is 0 Å². The van der Waals surface area contributed by atoms with Crippen LogP contribution in [0, 0.1) is 29.1 Å². The first-order valence-corrected chi connectivity index (χ1v) is 12.7. The van der Waals surface area contributed by atoms with E-state index < -0.39 is 35.0 Å². The maximum absolute atomic E-state index is 14.2. The zero-order valence-electron chi connectivity index (χ0n) is 20.6. The van der Waals surface area contributed by atoms with Crippen molar-refractivity contribution in [3.63, 3.8) is 0 Å². The van der Waals surface area contributed by atoms with Crippen LogP contribution in [0.1, 0.15) is 38.2 Å². The number of rotatable bonds is 4. The van der Waals surface area contributed by atoms with Gasteiger partial charge in [-0.1, -0.05) is 42.0 Å². The summed E-state index contributed by atoms with van der Waals surface area (Å²) in [7, 11) is 0. The van der Waals surface area contributed by atoms with Crippen LogP contribution in [0.2, 0.25) is 0 Å². The summed E-state index contributed by atoms with van der Waals surface area (Å²) in [5.41, 5.74) is 0.588. The van der Waals surface area contributed by atoms with Crippen molar-refractivity contribution in [2.45, 2.75) is 32.6 Å². The van der Waals surface area contributed by atoms with E-state index in [0.717, 1.165) is 5.57 Å². The summed E-state index contributed by atoms with van der Waals surface area (Å²) in [4.78, 5) is 54.9. The lowest BCUT2D eigenvalue weighted by Crippen LogP contribution is -2.48. The van der Waals surface area contributed by atoms with Gasteiger partial charge < -0.3 is 9.84 Å². The van der Waals surface area contributed by atoms with Gasteiger partial charge in [0.05, 0.1) is 35.5 Å². The Kier molecular flexibility index (Phi) is 5.26. The summed E-state index contributed by atoms with van der Waals surface area (Å²) in [6.45, 7) is 3.95. The van der Waals surface area contributed by atoms with Gasteiger partial charge in [0, 0.05) is 11.5 Å². The van der Waals surface area contributed by atoms with Crippen molar-refractivity contribution in [1.29, 1.82) is 0 Å². The van der Waals surface area contributed by atoms with Crippen LogP contribution in [0.4, 0.5) is 5.69 Å². The average Bonchev–Trinajstić information content (AvgIpc) is 3.29. The number of carbonyl (C=O) groups excluding carboxylic acids is 4. The Morgan fingerprint density at radius 3 is 2.51 bits per heavy atom. The molecule has 1 saturated carbocycles. The number of anilines is 1. The highest BCUT2D eigenvalue weighted by Crippen LogP contribution is 2.64. The van der Waals surface area contributed by atoms with Gasteiger partial charge in [0.1, 0.15) is 0 Å². The second-order valence-electron chi connectivity index (χ2n) is 10.5. The Labute approximate surface area is 214 Å². The summed E-state index contributed by atoms with van der Waals surface area (Å²) in [6, 6.07) is 14.0. The van der Waals surface area contributed by atoms with E-state index in [1.54, 1.807) is 49.4 Å². The highest BCUT2D eigenvalue weighted by atomic mass is 16.5. The third-order valence-electron chi connectivity index (χ3n) is 8.77. The van der Waals surface area contributed by atoms with E-state index in [2.05, 4.69) is 5.32 Å². The van der Waals surface area contributed by atoms with Crippen LogP contribution in [0.3, 0.4) is 0 Å². The number of phenols is 1.